The number of thiazole rings is 1. The second-order valence-electron chi connectivity index (χ2n) is 1.92. The molecule has 0 unspecified atom stereocenters. The van der Waals surface area contributed by atoms with Crippen molar-refractivity contribution < 1.29 is 9.53 Å². The van der Waals surface area contributed by atoms with Gasteiger partial charge in [-0.05, 0) is 6.42 Å². The number of hydrogen-bond donors (Lipinski definition) is 0. The van der Waals surface area contributed by atoms with Crippen LogP contribution in [0.1, 0.15) is 23.1 Å². The molecular formula is C7H8NO2S. The smallest absolute Gasteiger partial charge is 0.367 e. The van der Waals surface area contributed by atoms with Crippen LogP contribution in [0.15, 0.2) is 6.20 Å². The zero-order valence-electron chi connectivity index (χ0n) is 6.16. The highest BCUT2D eigenvalue weighted by molar-refractivity contribution is 7.11. The minimum Gasteiger partial charge on any atom is -0.460 e. The largest absolute Gasteiger partial charge is 0.460 e. The molecule has 1 rings (SSSR count). The molecule has 0 aliphatic rings. The Morgan fingerprint density at radius 2 is 2.73 bits per heavy atom. The topological polar surface area (TPSA) is 39.2 Å². The number of hydrogen-bond acceptors (Lipinski definition) is 4. The van der Waals surface area contributed by atoms with Gasteiger partial charge in [-0.1, -0.05) is 6.92 Å². The van der Waals surface area contributed by atoms with Crippen molar-refractivity contribution in [3.8, 4) is 0 Å². The van der Waals surface area contributed by atoms with E-state index in [1.54, 1.807) is 0 Å². The molecule has 3 nitrogen and oxygen atoms in total. The summed E-state index contributed by atoms with van der Waals surface area (Å²) in [7, 11) is 0. The number of carbonyl (C=O) groups is 1. The second kappa shape index (κ2) is 4.08. The van der Waals surface area contributed by atoms with E-state index in [-0.39, 0.29) is 5.97 Å². The predicted octanol–water partition coefficient (Wildman–Crippen LogP) is 1.51. The first-order chi connectivity index (χ1) is 5.34. The van der Waals surface area contributed by atoms with Crippen LogP contribution < -0.4 is 0 Å². The molecule has 1 heterocycles. The fourth-order valence-electron chi connectivity index (χ4n) is 0.544. The minimum absolute atomic E-state index is 0.349. The van der Waals surface area contributed by atoms with Gasteiger partial charge in [0.2, 0.25) is 5.01 Å². The molecule has 0 saturated heterocycles. The van der Waals surface area contributed by atoms with Gasteiger partial charge < -0.3 is 4.74 Å². The SMILES string of the molecule is CCCOC(=O)c1nc[c]s1. The van der Waals surface area contributed by atoms with E-state index in [0.717, 1.165) is 6.42 Å². The lowest BCUT2D eigenvalue weighted by Crippen LogP contribution is -2.04. The summed E-state index contributed by atoms with van der Waals surface area (Å²) in [5.41, 5.74) is 0. The summed E-state index contributed by atoms with van der Waals surface area (Å²) in [5.74, 6) is -0.349. The fraction of sp³-hybridized carbons (Fsp3) is 0.429. The Kier molecular flexibility index (Phi) is 3.04. The summed E-state index contributed by atoms with van der Waals surface area (Å²) in [5, 5.41) is 3.09. The van der Waals surface area contributed by atoms with Gasteiger partial charge in [-0.2, -0.15) is 0 Å². The van der Waals surface area contributed by atoms with Crippen LogP contribution in [0.4, 0.5) is 0 Å². The third kappa shape index (κ3) is 2.31. The molecule has 0 amide bonds. The van der Waals surface area contributed by atoms with E-state index in [0.29, 0.717) is 11.6 Å². The Morgan fingerprint density at radius 1 is 1.91 bits per heavy atom. The van der Waals surface area contributed by atoms with Crippen LogP contribution in [-0.4, -0.2) is 17.6 Å². The fourth-order valence-corrected chi connectivity index (χ4v) is 1.01. The highest BCUT2D eigenvalue weighted by atomic mass is 32.1. The molecule has 0 fully saturated rings. The van der Waals surface area contributed by atoms with Crippen LogP contribution in [0.2, 0.25) is 0 Å². The third-order valence-corrected chi connectivity index (χ3v) is 1.69. The predicted molar refractivity (Wildman–Crippen MR) is 41.5 cm³/mol. The van der Waals surface area contributed by atoms with Gasteiger partial charge in [-0.25, -0.2) is 9.78 Å². The van der Waals surface area contributed by atoms with E-state index in [1.165, 1.54) is 17.5 Å². The highest BCUT2D eigenvalue weighted by Crippen LogP contribution is 2.04. The van der Waals surface area contributed by atoms with Gasteiger partial charge in [0.1, 0.15) is 0 Å². The monoisotopic (exact) mass is 170 g/mol. The van der Waals surface area contributed by atoms with E-state index in [4.69, 9.17) is 4.74 Å². The summed E-state index contributed by atoms with van der Waals surface area (Å²) in [6.07, 6.45) is 2.30. The molecule has 0 bridgehead atoms. The molecule has 0 N–H and O–H groups in total. The lowest BCUT2D eigenvalue weighted by atomic mass is 10.5. The van der Waals surface area contributed by atoms with Crippen molar-refractivity contribution in [3.63, 3.8) is 0 Å². The molecule has 11 heavy (non-hydrogen) atoms. The number of nitrogens with zero attached hydrogens (tertiary/aromatic N) is 1. The molecular weight excluding hydrogens is 162 g/mol. The molecule has 0 aromatic carbocycles. The molecule has 0 aliphatic heterocycles. The zero-order valence-corrected chi connectivity index (χ0v) is 6.98. The van der Waals surface area contributed by atoms with Crippen molar-refractivity contribution in [1.82, 2.24) is 4.98 Å². The van der Waals surface area contributed by atoms with E-state index in [9.17, 15) is 4.79 Å². The standard InChI is InChI=1S/C7H8NO2S/c1-2-4-10-7(9)6-8-3-5-11-6/h3H,2,4H2,1H3. The minimum atomic E-state index is -0.349. The second-order valence-corrected chi connectivity index (χ2v) is 2.75. The Labute approximate surface area is 69.0 Å². The van der Waals surface area contributed by atoms with E-state index >= 15 is 0 Å². The van der Waals surface area contributed by atoms with Gasteiger partial charge in [0, 0.05) is 6.20 Å². The molecule has 0 saturated carbocycles. The molecule has 0 spiro atoms. The first-order valence-electron chi connectivity index (χ1n) is 3.33. The summed E-state index contributed by atoms with van der Waals surface area (Å²) >= 11 is 1.17. The first kappa shape index (κ1) is 8.20. The van der Waals surface area contributed by atoms with Gasteiger partial charge >= 0.3 is 5.97 Å². The van der Waals surface area contributed by atoms with Crippen LogP contribution in [0.25, 0.3) is 0 Å². The van der Waals surface area contributed by atoms with Crippen LogP contribution in [0.5, 0.6) is 0 Å². The maximum atomic E-state index is 11.0. The van der Waals surface area contributed by atoms with Crippen molar-refractivity contribution in [2.75, 3.05) is 6.61 Å². The maximum absolute atomic E-state index is 11.0. The highest BCUT2D eigenvalue weighted by Gasteiger charge is 2.08. The number of ether oxygens (including phenoxy) is 1. The van der Waals surface area contributed by atoms with Crippen molar-refractivity contribution in [2.45, 2.75) is 13.3 Å². The maximum Gasteiger partial charge on any atom is 0.367 e. The van der Waals surface area contributed by atoms with E-state index in [1.807, 2.05) is 6.92 Å². The lowest BCUT2D eigenvalue weighted by Gasteiger charge is -1.97. The average Bonchev–Trinajstić information content (AvgIpc) is 2.52. The molecule has 1 aromatic heterocycles. The third-order valence-electron chi connectivity index (χ3n) is 1.00. The molecule has 0 atom stereocenters. The van der Waals surface area contributed by atoms with Crippen molar-refractivity contribution in [3.05, 3.63) is 16.6 Å². The Balaban J connectivity index is 2.43. The van der Waals surface area contributed by atoms with Gasteiger partial charge in [-0.3, -0.25) is 0 Å². The number of carbonyl (C=O) groups excluding carboxylic acids is 1. The Bertz CT molecular complexity index is 220. The van der Waals surface area contributed by atoms with Gasteiger partial charge in [0.15, 0.2) is 0 Å². The first-order valence-corrected chi connectivity index (χ1v) is 4.15. The molecule has 1 aromatic rings. The Hall–Kier alpha value is -0.900. The number of aromatic nitrogens is 1. The van der Waals surface area contributed by atoms with Gasteiger partial charge in [0.05, 0.1) is 12.0 Å². The lowest BCUT2D eigenvalue weighted by molar-refractivity contribution is 0.0504. The normalized spacial score (nSPS) is 9.55. The number of rotatable bonds is 3. The average molecular weight is 170 g/mol. The van der Waals surface area contributed by atoms with Gasteiger partial charge in [-0.15, -0.1) is 11.3 Å². The van der Waals surface area contributed by atoms with Crippen molar-refractivity contribution in [2.24, 2.45) is 0 Å². The molecule has 4 heteroatoms. The summed E-state index contributed by atoms with van der Waals surface area (Å²) in [6.45, 7) is 2.40. The molecule has 0 aliphatic carbocycles. The number of esters is 1. The van der Waals surface area contributed by atoms with Crippen LogP contribution in [0.3, 0.4) is 0 Å². The molecule has 59 valence electrons. The quantitative estimate of drug-likeness (QED) is 0.645. The summed E-state index contributed by atoms with van der Waals surface area (Å²) < 4.78 is 4.82. The van der Waals surface area contributed by atoms with E-state index in [2.05, 4.69) is 10.4 Å². The van der Waals surface area contributed by atoms with Crippen molar-refractivity contribution in [1.29, 1.82) is 0 Å². The molecule has 1 radical (unpaired) electrons. The van der Waals surface area contributed by atoms with Gasteiger partial charge in [0.25, 0.3) is 0 Å². The Morgan fingerprint density at radius 3 is 3.27 bits per heavy atom. The van der Waals surface area contributed by atoms with Crippen molar-refractivity contribution >= 4 is 17.3 Å². The van der Waals surface area contributed by atoms with E-state index < -0.39 is 0 Å². The summed E-state index contributed by atoms with van der Waals surface area (Å²) in [4.78, 5) is 14.7. The summed E-state index contributed by atoms with van der Waals surface area (Å²) in [6, 6.07) is 0. The van der Waals surface area contributed by atoms with Crippen LogP contribution in [-0.2, 0) is 4.74 Å². The van der Waals surface area contributed by atoms with Crippen LogP contribution in [0, 0.1) is 5.38 Å². The van der Waals surface area contributed by atoms with Crippen LogP contribution >= 0.6 is 11.3 Å². The zero-order chi connectivity index (χ0) is 8.10.